The molecule has 36 heavy (non-hydrogen) atoms. The lowest BCUT2D eigenvalue weighted by molar-refractivity contribution is -0.137. The van der Waals surface area contributed by atoms with Crippen molar-refractivity contribution in [3.8, 4) is 0 Å². The second-order valence-electron chi connectivity index (χ2n) is 9.02. The number of benzene rings is 2. The first-order valence-corrected chi connectivity index (χ1v) is 13.1. The number of para-hydroxylation sites is 1. The summed E-state index contributed by atoms with van der Waals surface area (Å²) in [4.78, 5) is 44.2. The Kier molecular flexibility index (Phi) is 5.45. The number of hydrogen-bond acceptors (Lipinski definition) is 6. The van der Waals surface area contributed by atoms with Gasteiger partial charge in [-0.05, 0) is 48.6 Å². The smallest absolute Gasteiger partial charge is 0.325 e. The van der Waals surface area contributed by atoms with Crippen LogP contribution in [0, 0.1) is 23.7 Å². The topological polar surface area (TPSA) is 79.4 Å². The number of fused-ring (bicyclic) bond motifs is 6. The fourth-order valence-corrected chi connectivity index (χ4v) is 7.30. The van der Waals surface area contributed by atoms with Crippen LogP contribution in [0.1, 0.15) is 12.0 Å². The molecule has 1 saturated heterocycles. The Morgan fingerprint density at radius 3 is 2.47 bits per heavy atom. The minimum absolute atomic E-state index is 0.124. The number of nitrogens with one attached hydrogen (secondary N) is 1. The summed E-state index contributed by atoms with van der Waals surface area (Å²) in [5.41, 5.74) is -0.0456. The summed E-state index contributed by atoms with van der Waals surface area (Å²) in [6.45, 7) is 0. The van der Waals surface area contributed by atoms with Crippen molar-refractivity contribution in [1.29, 1.82) is 0 Å². The van der Waals surface area contributed by atoms with Gasteiger partial charge in [0.05, 0.1) is 44.7 Å². The van der Waals surface area contributed by atoms with Crippen molar-refractivity contribution in [2.24, 2.45) is 23.7 Å². The Labute approximate surface area is 211 Å². The summed E-state index contributed by atoms with van der Waals surface area (Å²) < 4.78 is 40.8. The van der Waals surface area contributed by atoms with E-state index in [1.807, 2.05) is 12.2 Å². The molecule has 2 aliphatic carbocycles. The van der Waals surface area contributed by atoms with E-state index in [1.165, 1.54) is 34.4 Å². The van der Waals surface area contributed by atoms with Crippen molar-refractivity contribution in [2.45, 2.75) is 16.9 Å². The first-order chi connectivity index (χ1) is 17.2. The number of amides is 3. The molecule has 2 aromatic carbocycles. The Bertz CT molecular complexity index is 1420. The van der Waals surface area contributed by atoms with Crippen LogP contribution in [-0.4, -0.2) is 28.5 Å². The molecule has 2 heterocycles. The van der Waals surface area contributed by atoms with Gasteiger partial charge in [-0.15, -0.1) is 11.3 Å². The maximum Gasteiger partial charge on any atom is 0.418 e. The van der Waals surface area contributed by atoms with Gasteiger partial charge in [0.15, 0.2) is 4.34 Å². The van der Waals surface area contributed by atoms with Gasteiger partial charge in [0.25, 0.3) is 0 Å². The van der Waals surface area contributed by atoms with Gasteiger partial charge in [-0.25, -0.2) is 9.88 Å². The van der Waals surface area contributed by atoms with Gasteiger partial charge in [0.1, 0.15) is 0 Å². The zero-order valence-electron chi connectivity index (χ0n) is 18.5. The van der Waals surface area contributed by atoms with Crippen LogP contribution in [0.25, 0.3) is 10.2 Å². The van der Waals surface area contributed by atoms with Crippen molar-refractivity contribution in [3.05, 3.63) is 60.2 Å². The number of nitrogens with zero attached hydrogens (tertiary/aromatic N) is 2. The summed E-state index contributed by atoms with van der Waals surface area (Å²) in [5.74, 6) is -1.32. The highest BCUT2D eigenvalue weighted by Gasteiger charge is 2.59. The van der Waals surface area contributed by atoms with E-state index >= 15 is 0 Å². The molecule has 2 bridgehead atoms. The third-order valence-electron chi connectivity index (χ3n) is 6.91. The molecule has 0 spiro atoms. The van der Waals surface area contributed by atoms with E-state index in [1.54, 1.807) is 18.2 Å². The van der Waals surface area contributed by atoms with Crippen LogP contribution in [-0.2, 0) is 20.6 Å². The highest BCUT2D eigenvalue weighted by molar-refractivity contribution is 8.01. The number of allylic oxidation sites excluding steroid dienone is 2. The monoisotopic (exact) mass is 529 g/mol. The molecular formula is C25H18F3N3O3S2. The number of anilines is 2. The number of carbonyl (C=O) groups is 3. The van der Waals surface area contributed by atoms with Crippen molar-refractivity contribution >= 4 is 62.4 Å². The Morgan fingerprint density at radius 2 is 1.78 bits per heavy atom. The lowest BCUT2D eigenvalue weighted by Crippen LogP contribution is -2.32. The Morgan fingerprint density at radius 1 is 1.08 bits per heavy atom. The second-order valence-corrected chi connectivity index (χ2v) is 11.3. The summed E-state index contributed by atoms with van der Waals surface area (Å²) in [6.07, 6.45) is 0.390. The van der Waals surface area contributed by atoms with Gasteiger partial charge in [0.2, 0.25) is 17.7 Å². The van der Waals surface area contributed by atoms with Crippen LogP contribution in [0.3, 0.4) is 0 Å². The van der Waals surface area contributed by atoms with Crippen LogP contribution in [0.5, 0.6) is 0 Å². The molecule has 6 rings (SSSR count). The number of thiazole rings is 1. The van der Waals surface area contributed by atoms with Gasteiger partial charge >= 0.3 is 6.18 Å². The van der Waals surface area contributed by atoms with Crippen LogP contribution in [0.15, 0.2) is 59.0 Å². The molecule has 3 aliphatic rings. The number of hydrogen-bond donors (Lipinski definition) is 1. The fraction of sp³-hybridized carbons (Fsp3) is 0.280. The molecule has 1 aliphatic heterocycles. The number of carbonyl (C=O) groups excluding carboxylic acids is 3. The highest BCUT2D eigenvalue weighted by Crippen LogP contribution is 2.53. The summed E-state index contributed by atoms with van der Waals surface area (Å²) in [7, 11) is 0. The molecule has 2 fully saturated rings. The fourth-order valence-electron chi connectivity index (χ4n) is 5.40. The van der Waals surface area contributed by atoms with Gasteiger partial charge in [-0.1, -0.05) is 36.0 Å². The summed E-state index contributed by atoms with van der Waals surface area (Å²) in [5, 5.41) is 2.32. The molecule has 1 N–H and O–H groups in total. The minimum atomic E-state index is -4.57. The Hall–Kier alpha value is -3.18. The zero-order valence-corrected chi connectivity index (χ0v) is 20.1. The van der Waals surface area contributed by atoms with Gasteiger partial charge < -0.3 is 5.32 Å². The van der Waals surface area contributed by atoms with E-state index < -0.39 is 17.6 Å². The van der Waals surface area contributed by atoms with Gasteiger partial charge in [0, 0.05) is 0 Å². The maximum absolute atomic E-state index is 13.2. The van der Waals surface area contributed by atoms with E-state index in [2.05, 4.69) is 10.3 Å². The number of rotatable bonds is 5. The SMILES string of the molecule is O=C(CSc1nc2ccc(N3C(=O)[C@H]4[C@H](C3=O)[C@H]3C=C[C@H]4C3)cc2s1)Nc1ccccc1C(F)(F)F. The third kappa shape index (κ3) is 3.81. The minimum Gasteiger partial charge on any atom is -0.325 e. The van der Waals surface area contributed by atoms with Gasteiger partial charge in [-0.2, -0.15) is 13.2 Å². The first kappa shape index (κ1) is 23.2. The average molecular weight is 530 g/mol. The molecule has 3 aromatic rings. The quantitative estimate of drug-likeness (QED) is 0.274. The normalized spacial score (nSPS) is 24.7. The first-order valence-electron chi connectivity index (χ1n) is 11.3. The van der Waals surface area contributed by atoms with E-state index in [0.717, 1.165) is 28.9 Å². The molecule has 1 aromatic heterocycles. The average Bonchev–Trinajstić information content (AvgIpc) is 3.60. The number of thioether (sulfide) groups is 1. The molecule has 0 radical (unpaired) electrons. The lowest BCUT2D eigenvalue weighted by Gasteiger charge is -2.17. The highest BCUT2D eigenvalue weighted by atomic mass is 32.2. The predicted molar refractivity (Wildman–Crippen MR) is 131 cm³/mol. The van der Waals surface area contributed by atoms with Crippen LogP contribution in [0.4, 0.5) is 24.5 Å². The van der Waals surface area contributed by atoms with E-state index in [0.29, 0.717) is 15.5 Å². The van der Waals surface area contributed by atoms with Gasteiger partial charge in [-0.3, -0.25) is 14.4 Å². The zero-order chi connectivity index (χ0) is 25.2. The molecule has 1 saturated carbocycles. The molecular weight excluding hydrogens is 511 g/mol. The standard InChI is InChI=1S/C25H18F3N3O3S2/c26-25(27,28)15-3-1-2-4-16(15)29-19(32)11-35-24-30-17-8-7-14(10-18(17)36-24)31-22(33)20-12-5-6-13(9-12)21(20)23(31)34/h1-8,10,12-13,20-21H,9,11H2,(H,29,32)/t12-,13-,20+,21+/m0/s1. The van der Waals surface area contributed by atoms with Crippen molar-refractivity contribution in [3.63, 3.8) is 0 Å². The van der Waals surface area contributed by atoms with Crippen molar-refractivity contribution in [1.82, 2.24) is 4.98 Å². The van der Waals surface area contributed by atoms with Crippen molar-refractivity contribution < 1.29 is 27.6 Å². The van der Waals surface area contributed by atoms with Crippen LogP contribution < -0.4 is 10.2 Å². The number of halogens is 3. The molecule has 0 unspecified atom stereocenters. The van der Waals surface area contributed by atoms with Crippen LogP contribution >= 0.6 is 23.1 Å². The summed E-state index contributed by atoms with van der Waals surface area (Å²) in [6, 6.07) is 9.99. The maximum atomic E-state index is 13.2. The summed E-state index contributed by atoms with van der Waals surface area (Å²) >= 11 is 2.40. The number of imide groups is 1. The molecule has 184 valence electrons. The molecule has 11 heteroatoms. The third-order valence-corrected chi connectivity index (χ3v) is 9.08. The molecule has 3 amide bonds. The predicted octanol–water partition coefficient (Wildman–Crippen LogP) is 5.36. The van der Waals surface area contributed by atoms with Crippen LogP contribution in [0.2, 0.25) is 0 Å². The van der Waals surface area contributed by atoms with E-state index in [-0.39, 0.29) is 46.9 Å². The number of aromatic nitrogens is 1. The van der Waals surface area contributed by atoms with E-state index in [9.17, 15) is 27.6 Å². The largest absolute Gasteiger partial charge is 0.418 e. The Balaban J connectivity index is 1.15. The van der Waals surface area contributed by atoms with E-state index in [4.69, 9.17) is 0 Å². The number of alkyl halides is 3. The molecule has 6 nitrogen and oxygen atoms in total. The van der Waals surface area contributed by atoms with Crippen molar-refractivity contribution in [2.75, 3.05) is 16.0 Å². The lowest BCUT2D eigenvalue weighted by atomic mass is 9.85. The second kappa shape index (κ2) is 8.45. The molecule has 4 atom stereocenters.